The third-order valence-corrected chi connectivity index (χ3v) is 4.52. The number of nitrogens with one attached hydrogen (secondary N) is 1. The van der Waals surface area contributed by atoms with Crippen molar-refractivity contribution in [1.82, 2.24) is 5.32 Å². The van der Waals surface area contributed by atoms with Crippen molar-refractivity contribution < 1.29 is 8.78 Å². The quantitative estimate of drug-likeness (QED) is 0.881. The molecular weight excluding hydrogens is 268 g/mol. The molecule has 1 unspecified atom stereocenters. The Morgan fingerprint density at radius 3 is 2.19 bits per heavy atom. The van der Waals surface area contributed by atoms with Crippen LogP contribution >= 0.6 is 0 Å². The van der Waals surface area contributed by atoms with Gasteiger partial charge in [-0.2, -0.15) is 0 Å². The first kappa shape index (κ1) is 14.2. The highest BCUT2D eigenvalue weighted by molar-refractivity contribution is 5.35. The lowest BCUT2D eigenvalue weighted by atomic mass is 9.84. The summed E-state index contributed by atoms with van der Waals surface area (Å²) in [5.41, 5.74) is 2.11. The van der Waals surface area contributed by atoms with Crippen LogP contribution in [0.4, 0.5) is 8.78 Å². The van der Waals surface area contributed by atoms with Crippen molar-refractivity contribution in [3.8, 4) is 0 Å². The molecule has 1 aliphatic rings. The van der Waals surface area contributed by atoms with Crippen LogP contribution < -0.4 is 5.32 Å². The number of benzene rings is 2. The fourth-order valence-electron chi connectivity index (χ4n) is 3.28. The lowest BCUT2D eigenvalue weighted by Crippen LogP contribution is -2.39. The molecule has 3 rings (SSSR count). The van der Waals surface area contributed by atoms with E-state index in [9.17, 15) is 8.78 Å². The smallest absolute Gasteiger partial charge is 0.126 e. The van der Waals surface area contributed by atoms with Gasteiger partial charge < -0.3 is 5.32 Å². The topological polar surface area (TPSA) is 12.0 Å². The minimum absolute atomic E-state index is 0.0960. The summed E-state index contributed by atoms with van der Waals surface area (Å²) in [5.74, 6) is -1.02. The molecule has 1 N–H and O–H groups in total. The lowest BCUT2D eigenvalue weighted by molar-refractivity contribution is 0.440. The zero-order valence-corrected chi connectivity index (χ0v) is 12.1. The fraction of sp³-hybridized carbons (Fsp3) is 0.333. The van der Waals surface area contributed by atoms with Gasteiger partial charge in [0, 0.05) is 17.5 Å². The number of hydrogen-bond donors (Lipinski definition) is 1. The highest BCUT2D eigenvalue weighted by atomic mass is 19.1. The molecule has 0 heterocycles. The van der Waals surface area contributed by atoms with Gasteiger partial charge >= 0.3 is 0 Å². The van der Waals surface area contributed by atoms with Crippen LogP contribution in [0.2, 0.25) is 0 Å². The second-order valence-electron chi connectivity index (χ2n) is 5.85. The molecule has 1 aliphatic carbocycles. The second-order valence-corrected chi connectivity index (χ2v) is 5.85. The van der Waals surface area contributed by atoms with Gasteiger partial charge in [0.05, 0.1) is 0 Å². The van der Waals surface area contributed by atoms with Crippen molar-refractivity contribution in [2.45, 2.75) is 30.7 Å². The van der Waals surface area contributed by atoms with Crippen molar-refractivity contribution >= 4 is 0 Å². The molecule has 0 aromatic heterocycles. The van der Waals surface area contributed by atoms with Gasteiger partial charge in [0.25, 0.3) is 0 Å². The van der Waals surface area contributed by atoms with Gasteiger partial charge in [-0.25, -0.2) is 8.78 Å². The van der Waals surface area contributed by atoms with E-state index < -0.39 is 11.6 Å². The predicted molar refractivity (Wildman–Crippen MR) is 80.3 cm³/mol. The molecule has 1 atom stereocenters. The van der Waals surface area contributed by atoms with Gasteiger partial charge in [0.15, 0.2) is 0 Å². The maximum absolute atomic E-state index is 13.4. The molecule has 0 amide bonds. The van der Waals surface area contributed by atoms with Crippen molar-refractivity contribution in [3.63, 3.8) is 0 Å². The van der Waals surface area contributed by atoms with Crippen LogP contribution in [0.3, 0.4) is 0 Å². The molecule has 21 heavy (non-hydrogen) atoms. The second kappa shape index (κ2) is 5.57. The normalized spacial score (nSPS) is 17.5. The molecule has 0 aliphatic heterocycles. The Labute approximate surface area is 124 Å². The molecule has 0 bridgehead atoms. The Kier molecular flexibility index (Phi) is 3.77. The van der Waals surface area contributed by atoms with Crippen molar-refractivity contribution in [1.29, 1.82) is 0 Å². The Morgan fingerprint density at radius 2 is 1.67 bits per heavy atom. The summed E-state index contributed by atoms with van der Waals surface area (Å²) in [6, 6.07) is 14.3. The monoisotopic (exact) mass is 287 g/mol. The third kappa shape index (κ3) is 2.84. The molecule has 1 fully saturated rings. The van der Waals surface area contributed by atoms with E-state index in [1.54, 1.807) is 0 Å². The maximum Gasteiger partial charge on any atom is 0.126 e. The Morgan fingerprint density at radius 1 is 1.05 bits per heavy atom. The van der Waals surface area contributed by atoms with E-state index in [2.05, 4.69) is 17.4 Å². The largest absolute Gasteiger partial charge is 0.316 e. The molecule has 2 aromatic carbocycles. The molecule has 1 nitrogen and oxygen atoms in total. The van der Waals surface area contributed by atoms with Gasteiger partial charge in [0.1, 0.15) is 11.6 Å². The van der Waals surface area contributed by atoms with E-state index in [1.165, 1.54) is 17.7 Å². The average molecular weight is 287 g/mol. The van der Waals surface area contributed by atoms with E-state index >= 15 is 0 Å². The number of likely N-dealkylation sites (N-methyl/N-ethyl adjacent to an activating group) is 1. The molecular formula is C18H19F2N. The minimum Gasteiger partial charge on any atom is -0.316 e. The highest BCUT2D eigenvalue weighted by Crippen LogP contribution is 2.51. The van der Waals surface area contributed by atoms with Gasteiger partial charge in [0.2, 0.25) is 0 Å². The van der Waals surface area contributed by atoms with Crippen LogP contribution in [0.25, 0.3) is 0 Å². The van der Waals surface area contributed by atoms with Crippen LogP contribution in [0.1, 0.15) is 24.0 Å². The minimum atomic E-state index is -0.510. The summed E-state index contributed by atoms with van der Waals surface area (Å²) < 4.78 is 26.7. The van der Waals surface area contributed by atoms with Crippen molar-refractivity contribution in [2.24, 2.45) is 0 Å². The standard InChI is InChI=1S/C18H19F2N/c1-21-17(11-13-9-15(19)12-16(20)10-13)18(7-8-18)14-5-3-2-4-6-14/h2-6,9-10,12,17,21H,7-8,11H2,1H3. The van der Waals surface area contributed by atoms with Crippen LogP contribution in [0.15, 0.2) is 48.5 Å². The van der Waals surface area contributed by atoms with E-state index in [0.29, 0.717) is 12.0 Å². The predicted octanol–water partition coefficient (Wildman–Crippen LogP) is 3.83. The Hall–Kier alpha value is -1.74. The van der Waals surface area contributed by atoms with Crippen molar-refractivity contribution in [2.75, 3.05) is 7.05 Å². The summed E-state index contributed by atoms with van der Waals surface area (Å²) in [6.07, 6.45) is 2.85. The van der Waals surface area contributed by atoms with Crippen LogP contribution in [-0.2, 0) is 11.8 Å². The first-order valence-electron chi connectivity index (χ1n) is 7.32. The molecule has 1 saturated carbocycles. The summed E-state index contributed by atoms with van der Waals surface area (Å²) in [7, 11) is 1.92. The van der Waals surface area contributed by atoms with E-state index in [0.717, 1.165) is 18.9 Å². The summed E-state index contributed by atoms with van der Waals surface area (Å²) in [4.78, 5) is 0. The van der Waals surface area contributed by atoms with E-state index in [-0.39, 0.29) is 11.5 Å². The zero-order valence-electron chi connectivity index (χ0n) is 12.1. The van der Waals surface area contributed by atoms with Gasteiger partial charge in [-0.15, -0.1) is 0 Å². The van der Waals surface area contributed by atoms with Crippen LogP contribution in [0.5, 0.6) is 0 Å². The van der Waals surface area contributed by atoms with Crippen LogP contribution in [0, 0.1) is 11.6 Å². The molecule has 0 saturated heterocycles. The molecule has 110 valence electrons. The zero-order chi connectivity index (χ0) is 14.9. The first-order chi connectivity index (χ1) is 10.1. The van der Waals surface area contributed by atoms with Crippen molar-refractivity contribution in [3.05, 3.63) is 71.3 Å². The Balaban J connectivity index is 1.86. The lowest BCUT2D eigenvalue weighted by Gasteiger charge is -2.27. The van der Waals surface area contributed by atoms with Gasteiger partial charge in [-0.1, -0.05) is 30.3 Å². The number of rotatable bonds is 5. The number of halogens is 2. The molecule has 0 radical (unpaired) electrons. The molecule has 3 heteroatoms. The van der Waals surface area contributed by atoms with Crippen LogP contribution in [-0.4, -0.2) is 13.1 Å². The summed E-state index contributed by atoms with van der Waals surface area (Å²) in [6.45, 7) is 0. The van der Waals surface area contributed by atoms with Gasteiger partial charge in [-0.05, 0) is 49.6 Å². The fourth-order valence-corrected chi connectivity index (χ4v) is 3.28. The van der Waals surface area contributed by atoms with E-state index in [1.807, 2.05) is 25.2 Å². The SMILES string of the molecule is CNC(Cc1cc(F)cc(F)c1)C1(c2ccccc2)CC1. The highest BCUT2D eigenvalue weighted by Gasteiger charge is 2.49. The first-order valence-corrected chi connectivity index (χ1v) is 7.32. The van der Waals surface area contributed by atoms with Gasteiger partial charge in [-0.3, -0.25) is 0 Å². The molecule has 0 spiro atoms. The summed E-state index contributed by atoms with van der Waals surface area (Å²) >= 11 is 0. The number of hydrogen-bond acceptors (Lipinski definition) is 1. The maximum atomic E-state index is 13.4. The third-order valence-electron chi connectivity index (χ3n) is 4.52. The Bertz CT molecular complexity index is 600. The van der Waals surface area contributed by atoms with E-state index in [4.69, 9.17) is 0 Å². The average Bonchev–Trinajstić information content (AvgIpc) is 3.26. The molecule has 2 aromatic rings. The summed E-state index contributed by atoms with van der Waals surface area (Å²) in [5, 5.41) is 3.35.